The monoisotopic (exact) mass is 361 g/mol. The zero-order valence-corrected chi connectivity index (χ0v) is 13.2. The quantitative estimate of drug-likeness (QED) is 0.875. The minimum Gasteiger partial charge on any atom is -0.379 e. The highest BCUT2D eigenvalue weighted by Gasteiger charge is 2.33. The lowest BCUT2D eigenvalue weighted by Crippen LogP contribution is -2.12. The summed E-state index contributed by atoms with van der Waals surface area (Å²) in [6, 6.07) is 5.96. The van der Waals surface area contributed by atoms with E-state index in [1.807, 2.05) is 13.0 Å². The fraction of sp³-hybridized carbons (Fsp3) is 0.357. The van der Waals surface area contributed by atoms with Crippen molar-refractivity contribution in [3.05, 3.63) is 45.7 Å². The van der Waals surface area contributed by atoms with Gasteiger partial charge < -0.3 is 5.32 Å². The Morgan fingerprint density at radius 2 is 2.00 bits per heavy atom. The number of halogens is 4. The molecule has 1 N–H and O–H groups in total. The largest absolute Gasteiger partial charge is 0.418 e. The van der Waals surface area contributed by atoms with Gasteiger partial charge in [-0.1, -0.05) is 22.9 Å². The number of nitrogens with one attached hydrogen (secondary N) is 1. The van der Waals surface area contributed by atoms with Crippen molar-refractivity contribution in [3.8, 4) is 0 Å². The summed E-state index contributed by atoms with van der Waals surface area (Å²) in [7, 11) is 1.78. The SMILES string of the molecule is CCc1cc(CNc2ccc(Br)cc2C(F)(F)F)n(C)n1. The molecule has 2 aromatic rings. The topological polar surface area (TPSA) is 29.9 Å². The lowest BCUT2D eigenvalue weighted by Gasteiger charge is -2.15. The molecule has 0 bridgehead atoms. The van der Waals surface area contributed by atoms with Crippen LogP contribution in [0.2, 0.25) is 0 Å². The third-order valence-corrected chi connectivity index (χ3v) is 3.63. The predicted octanol–water partition coefficient (Wildman–Crippen LogP) is 4.38. The van der Waals surface area contributed by atoms with Crippen LogP contribution in [0.15, 0.2) is 28.7 Å². The van der Waals surface area contributed by atoms with Crippen LogP contribution in [0.3, 0.4) is 0 Å². The van der Waals surface area contributed by atoms with E-state index < -0.39 is 11.7 Å². The van der Waals surface area contributed by atoms with Crippen LogP contribution in [0, 0.1) is 0 Å². The van der Waals surface area contributed by atoms with Gasteiger partial charge in [-0.05, 0) is 30.7 Å². The minimum absolute atomic E-state index is 0.0601. The third-order valence-electron chi connectivity index (χ3n) is 3.14. The summed E-state index contributed by atoms with van der Waals surface area (Å²) in [6.45, 7) is 2.27. The standard InChI is InChI=1S/C14H15BrF3N3/c1-3-10-7-11(21(2)20-10)8-19-13-5-4-9(15)6-12(13)14(16,17)18/h4-7,19H,3,8H2,1-2H3. The van der Waals surface area contributed by atoms with Gasteiger partial charge >= 0.3 is 6.18 Å². The number of nitrogens with zero attached hydrogens (tertiary/aromatic N) is 2. The van der Waals surface area contributed by atoms with Gasteiger partial charge in [0, 0.05) is 17.2 Å². The van der Waals surface area contributed by atoms with Crippen LogP contribution in [0.25, 0.3) is 0 Å². The molecule has 1 aromatic heterocycles. The van der Waals surface area contributed by atoms with Crippen molar-refractivity contribution in [1.29, 1.82) is 0 Å². The number of hydrogen-bond donors (Lipinski definition) is 1. The zero-order chi connectivity index (χ0) is 15.6. The average molecular weight is 362 g/mol. The average Bonchev–Trinajstić information content (AvgIpc) is 2.77. The first kappa shape index (κ1) is 15.9. The maximum absolute atomic E-state index is 13.0. The fourth-order valence-electron chi connectivity index (χ4n) is 2.00. The van der Waals surface area contributed by atoms with Gasteiger partial charge in [0.1, 0.15) is 0 Å². The number of aromatic nitrogens is 2. The van der Waals surface area contributed by atoms with Crippen LogP contribution >= 0.6 is 15.9 Å². The van der Waals surface area contributed by atoms with Gasteiger partial charge in [0.2, 0.25) is 0 Å². The van der Waals surface area contributed by atoms with Crippen molar-refractivity contribution in [3.63, 3.8) is 0 Å². The molecule has 0 aliphatic carbocycles. The molecule has 0 spiro atoms. The molecule has 0 radical (unpaired) electrons. The Morgan fingerprint density at radius 3 is 2.57 bits per heavy atom. The fourth-order valence-corrected chi connectivity index (χ4v) is 2.36. The van der Waals surface area contributed by atoms with Crippen molar-refractivity contribution >= 4 is 21.6 Å². The number of benzene rings is 1. The summed E-state index contributed by atoms with van der Waals surface area (Å²) in [4.78, 5) is 0. The Bertz CT molecular complexity index is 635. The molecule has 7 heteroatoms. The molecule has 0 saturated carbocycles. The number of hydrogen-bond acceptors (Lipinski definition) is 2. The Kier molecular flexibility index (Phi) is 4.61. The highest BCUT2D eigenvalue weighted by atomic mass is 79.9. The van der Waals surface area contributed by atoms with Gasteiger partial charge in [0.05, 0.1) is 23.5 Å². The maximum Gasteiger partial charge on any atom is 0.418 e. The van der Waals surface area contributed by atoms with E-state index in [2.05, 4.69) is 26.3 Å². The smallest absolute Gasteiger partial charge is 0.379 e. The van der Waals surface area contributed by atoms with E-state index in [1.54, 1.807) is 17.8 Å². The molecule has 3 nitrogen and oxygen atoms in total. The summed E-state index contributed by atoms with van der Waals surface area (Å²) in [5.74, 6) is 0. The van der Waals surface area contributed by atoms with E-state index in [4.69, 9.17) is 0 Å². The summed E-state index contributed by atoms with van der Waals surface area (Å²) >= 11 is 3.07. The van der Waals surface area contributed by atoms with Crippen molar-refractivity contribution in [2.75, 3.05) is 5.32 Å². The summed E-state index contributed by atoms with van der Waals surface area (Å²) in [5.41, 5.74) is 1.13. The van der Waals surface area contributed by atoms with E-state index in [-0.39, 0.29) is 12.2 Å². The molecule has 1 aromatic carbocycles. The molecule has 0 unspecified atom stereocenters. The summed E-state index contributed by atoms with van der Waals surface area (Å²) in [5, 5.41) is 7.11. The molecule has 0 amide bonds. The van der Waals surface area contributed by atoms with Crippen molar-refractivity contribution in [2.45, 2.75) is 26.1 Å². The molecule has 1 heterocycles. The molecule has 0 aliphatic rings. The molecule has 21 heavy (non-hydrogen) atoms. The number of aryl methyl sites for hydroxylation is 2. The molecule has 0 fully saturated rings. The Labute approximate surface area is 129 Å². The van der Waals surface area contributed by atoms with Crippen molar-refractivity contribution < 1.29 is 13.2 Å². The Hall–Kier alpha value is -1.50. The lowest BCUT2D eigenvalue weighted by atomic mass is 10.1. The van der Waals surface area contributed by atoms with Gasteiger partial charge in [-0.3, -0.25) is 4.68 Å². The van der Waals surface area contributed by atoms with E-state index in [1.165, 1.54) is 6.07 Å². The van der Waals surface area contributed by atoms with E-state index in [0.717, 1.165) is 23.9 Å². The predicted molar refractivity (Wildman–Crippen MR) is 79.1 cm³/mol. The Morgan fingerprint density at radius 1 is 1.29 bits per heavy atom. The molecule has 2 rings (SSSR count). The molecule has 0 saturated heterocycles. The van der Waals surface area contributed by atoms with Crippen molar-refractivity contribution in [1.82, 2.24) is 9.78 Å². The molecule has 114 valence electrons. The molecular formula is C14H15BrF3N3. The zero-order valence-electron chi connectivity index (χ0n) is 11.6. The van der Waals surface area contributed by atoms with Gasteiger partial charge in [-0.15, -0.1) is 0 Å². The summed E-state index contributed by atoms with van der Waals surface area (Å²) in [6.07, 6.45) is -3.60. The second kappa shape index (κ2) is 6.09. The highest BCUT2D eigenvalue weighted by molar-refractivity contribution is 9.10. The lowest BCUT2D eigenvalue weighted by molar-refractivity contribution is -0.137. The number of rotatable bonds is 4. The van der Waals surface area contributed by atoms with Crippen LogP contribution in [0.4, 0.5) is 18.9 Å². The minimum atomic E-state index is -4.40. The van der Waals surface area contributed by atoms with Crippen LogP contribution < -0.4 is 5.32 Å². The van der Waals surface area contributed by atoms with Gasteiger partial charge in [0.15, 0.2) is 0 Å². The molecular weight excluding hydrogens is 347 g/mol. The first-order valence-corrected chi connectivity index (χ1v) is 7.23. The normalized spacial score (nSPS) is 11.7. The van der Waals surface area contributed by atoms with Gasteiger partial charge in [0.25, 0.3) is 0 Å². The molecule has 0 atom stereocenters. The van der Waals surface area contributed by atoms with Crippen LogP contribution in [0.5, 0.6) is 0 Å². The van der Waals surface area contributed by atoms with Crippen LogP contribution in [0.1, 0.15) is 23.9 Å². The maximum atomic E-state index is 13.0. The van der Waals surface area contributed by atoms with E-state index in [9.17, 15) is 13.2 Å². The Balaban J connectivity index is 2.22. The first-order chi connectivity index (χ1) is 9.81. The second-order valence-corrected chi connectivity index (χ2v) is 5.56. The summed E-state index contributed by atoms with van der Waals surface area (Å²) < 4.78 is 41.1. The highest BCUT2D eigenvalue weighted by Crippen LogP contribution is 2.36. The van der Waals surface area contributed by atoms with Crippen LogP contribution in [-0.4, -0.2) is 9.78 Å². The third kappa shape index (κ3) is 3.78. The van der Waals surface area contributed by atoms with Gasteiger partial charge in [-0.25, -0.2) is 0 Å². The van der Waals surface area contributed by atoms with E-state index >= 15 is 0 Å². The van der Waals surface area contributed by atoms with E-state index in [0.29, 0.717) is 4.47 Å². The second-order valence-electron chi connectivity index (χ2n) is 4.65. The van der Waals surface area contributed by atoms with Crippen molar-refractivity contribution in [2.24, 2.45) is 7.05 Å². The van der Waals surface area contributed by atoms with Crippen LogP contribution in [-0.2, 0) is 26.2 Å². The number of anilines is 1. The number of alkyl halides is 3. The molecule has 0 aliphatic heterocycles. The first-order valence-electron chi connectivity index (χ1n) is 6.43. The van der Waals surface area contributed by atoms with Gasteiger partial charge in [-0.2, -0.15) is 18.3 Å².